The van der Waals surface area contributed by atoms with Gasteiger partial charge in [0.05, 0.1) is 18.3 Å². The van der Waals surface area contributed by atoms with Gasteiger partial charge in [-0.3, -0.25) is 9.59 Å². The molecule has 0 radical (unpaired) electrons. The first kappa shape index (κ1) is 24.1. The van der Waals surface area contributed by atoms with Crippen molar-refractivity contribution < 1.29 is 18.0 Å². The molecular formula is C15H31ClN4O4S. The number of piperidine rings is 1. The molecule has 1 rings (SSSR count). The van der Waals surface area contributed by atoms with E-state index in [2.05, 4.69) is 10.0 Å². The molecule has 1 aliphatic rings. The van der Waals surface area contributed by atoms with Gasteiger partial charge in [0, 0.05) is 19.1 Å². The Morgan fingerprint density at radius 1 is 1.24 bits per heavy atom. The van der Waals surface area contributed by atoms with Crippen LogP contribution in [0.15, 0.2) is 0 Å². The van der Waals surface area contributed by atoms with Gasteiger partial charge in [-0.2, -0.15) is 0 Å². The van der Waals surface area contributed by atoms with Crippen LogP contribution in [-0.4, -0.2) is 62.6 Å². The molecule has 8 nitrogen and oxygen atoms in total. The molecule has 1 aliphatic heterocycles. The summed E-state index contributed by atoms with van der Waals surface area (Å²) in [7, 11) is -3.23. The molecule has 4 N–H and O–H groups in total. The third kappa shape index (κ3) is 8.35. The Balaban J connectivity index is 0.00000576. The van der Waals surface area contributed by atoms with Gasteiger partial charge in [0.2, 0.25) is 21.8 Å². The number of carbonyl (C=O) groups is 2. The maximum atomic E-state index is 12.1. The van der Waals surface area contributed by atoms with Crippen molar-refractivity contribution in [3.05, 3.63) is 0 Å². The van der Waals surface area contributed by atoms with E-state index >= 15 is 0 Å². The summed E-state index contributed by atoms with van der Waals surface area (Å²) < 4.78 is 26.2. The molecule has 0 aromatic heterocycles. The number of rotatable bonds is 8. The average molecular weight is 399 g/mol. The zero-order chi connectivity index (χ0) is 18.3. The number of hydrogen-bond acceptors (Lipinski definition) is 5. The number of likely N-dealkylation sites (tertiary alicyclic amines) is 1. The minimum Gasteiger partial charge on any atom is -0.346 e. The molecule has 0 spiro atoms. The minimum absolute atomic E-state index is 0. The van der Waals surface area contributed by atoms with Crippen molar-refractivity contribution in [2.24, 2.45) is 11.7 Å². The summed E-state index contributed by atoms with van der Waals surface area (Å²) in [6.45, 7) is 6.38. The second kappa shape index (κ2) is 10.9. The van der Waals surface area contributed by atoms with E-state index in [0.29, 0.717) is 32.4 Å². The summed E-state index contributed by atoms with van der Waals surface area (Å²) in [5.74, 6) is -0.379. The van der Waals surface area contributed by atoms with E-state index in [4.69, 9.17) is 5.73 Å². The van der Waals surface area contributed by atoms with E-state index in [1.165, 1.54) is 0 Å². The number of hydrogen-bond donors (Lipinski definition) is 3. The van der Waals surface area contributed by atoms with Gasteiger partial charge in [0.1, 0.15) is 0 Å². The molecule has 10 heteroatoms. The third-order valence-electron chi connectivity index (χ3n) is 4.10. The summed E-state index contributed by atoms with van der Waals surface area (Å²) >= 11 is 0. The van der Waals surface area contributed by atoms with Gasteiger partial charge in [-0.1, -0.05) is 20.8 Å². The first-order valence-corrected chi connectivity index (χ1v) is 10.1. The second-order valence-electron chi connectivity index (χ2n) is 6.58. The first-order valence-electron chi connectivity index (χ1n) is 8.47. The monoisotopic (exact) mass is 398 g/mol. The number of sulfonamides is 1. The topological polar surface area (TPSA) is 122 Å². The van der Waals surface area contributed by atoms with Crippen molar-refractivity contribution in [3.8, 4) is 0 Å². The lowest BCUT2D eigenvalue weighted by atomic mass is 10.0. The number of nitrogens with zero attached hydrogens (tertiary/aromatic N) is 1. The number of halogens is 1. The quantitative estimate of drug-likeness (QED) is 0.524. The van der Waals surface area contributed by atoms with Crippen molar-refractivity contribution in [2.75, 3.05) is 25.4 Å². The van der Waals surface area contributed by atoms with Crippen LogP contribution in [0.1, 0.15) is 40.0 Å². The van der Waals surface area contributed by atoms with E-state index < -0.39 is 16.1 Å². The highest BCUT2D eigenvalue weighted by Crippen LogP contribution is 2.11. The number of amides is 2. The van der Waals surface area contributed by atoms with Crippen LogP contribution in [-0.2, 0) is 19.6 Å². The second-order valence-corrected chi connectivity index (χ2v) is 8.45. The third-order valence-corrected chi connectivity index (χ3v) is 5.74. The summed E-state index contributed by atoms with van der Waals surface area (Å²) in [5, 5.41) is 2.56. The summed E-state index contributed by atoms with van der Waals surface area (Å²) in [5.41, 5.74) is 5.72. The summed E-state index contributed by atoms with van der Waals surface area (Å²) in [4.78, 5) is 25.5. The molecule has 1 saturated heterocycles. The van der Waals surface area contributed by atoms with E-state index in [9.17, 15) is 18.0 Å². The molecular weight excluding hydrogens is 368 g/mol. The van der Waals surface area contributed by atoms with Crippen LogP contribution in [0.4, 0.5) is 0 Å². The van der Waals surface area contributed by atoms with Gasteiger partial charge in [-0.25, -0.2) is 13.1 Å². The Morgan fingerprint density at radius 3 is 2.28 bits per heavy atom. The average Bonchev–Trinajstić information content (AvgIpc) is 2.51. The fourth-order valence-corrected chi connectivity index (χ4v) is 3.92. The van der Waals surface area contributed by atoms with Crippen molar-refractivity contribution >= 4 is 34.2 Å². The molecule has 0 saturated carbocycles. The number of nitrogens with two attached hydrogens (primary N) is 1. The van der Waals surface area contributed by atoms with Gasteiger partial charge < -0.3 is 16.0 Å². The van der Waals surface area contributed by atoms with Gasteiger partial charge in [0.25, 0.3) is 0 Å². The zero-order valence-electron chi connectivity index (χ0n) is 15.2. The fourth-order valence-electron chi connectivity index (χ4n) is 2.52. The SMILES string of the molecule is CCCS(=O)(=O)NC1CCN(C(=O)CNC(=O)[C@@H](N)C(C)C)CC1.Cl. The van der Waals surface area contributed by atoms with E-state index in [1.54, 1.807) is 4.90 Å². The lowest BCUT2D eigenvalue weighted by Gasteiger charge is -2.32. The van der Waals surface area contributed by atoms with Crippen molar-refractivity contribution in [2.45, 2.75) is 52.1 Å². The van der Waals surface area contributed by atoms with Gasteiger partial charge in [-0.15, -0.1) is 12.4 Å². The minimum atomic E-state index is -3.23. The van der Waals surface area contributed by atoms with Crippen LogP contribution in [0.5, 0.6) is 0 Å². The predicted octanol–water partition coefficient (Wildman–Crippen LogP) is -0.172. The smallest absolute Gasteiger partial charge is 0.241 e. The van der Waals surface area contributed by atoms with Crippen LogP contribution in [0, 0.1) is 5.92 Å². The van der Waals surface area contributed by atoms with Crippen LogP contribution in [0.2, 0.25) is 0 Å². The Labute approximate surface area is 156 Å². The van der Waals surface area contributed by atoms with Crippen LogP contribution >= 0.6 is 12.4 Å². The first-order chi connectivity index (χ1) is 11.2. The number of carbonyl (C=O) groups excluding carboxylic acids is 2. The van der Waals surface area contributed by atoms with E-state index in [1.807, 2.05) is 20.8 Å². The highest BCUT2D eigenvalue weighted by Gasteiger charge is 2.26. The standard InChI is InChI=1S/C15H30N4O4S.ClH/c1-4-9-24(22,23)18-12-5-7-19(8-6-12)13(20)10-17-15(21)14(16)11(2)3;/h11-12,14,18H,4-10,16H2,1-3H3,(H,17,21);1H/t14-;/m0./s1. The van der Waals surface area contributed by atoms with Crippen LogP contribution in [0.3, 0.4) is 0 Å². The molecule has 0 aromatic carbocycles. The van der Waals surface area contributed by atoms with Gasteiger partial charge >= 0.3 is 0 Å². The van der Waals surface area contributed by atoms with E-state index in [0.717, 1.165) is 0 Å². The molecule has 0 bridgehead atoms. The fraction of sp³-hybridized carbons (Fsp3) is 0.867. The number of nitrogens with one attached hydrogen (secondary N) is 2. The molecule has 1 atom stereocenters. The molecule has 0 aromatic rings. The summed E-state index contributed by atoms with van der Waals surface area (Å²) in [6, 6.07) is -0.758. The van der Waals surface area contributed by atoms with Crippen LogP contribution < -0.4 is 15.8 Å². The maximum absolute atomic E-state index is 12.1. The molecule has 25 heavy (non-hydrogen) atoms. The molecule has 0 unspecified atom stereocenters. The lowest BCUT2D eigenvalue weighted by molar-refractivity contribution is -0.134. The normalized spacial score (nSPS) is 17.1. The Bertz CT molecular complexity index is 534. The molecule has 148 valence electrons. The van der Waals surface area contributed by atoms with Crippen molar-refractivity contribution in [3.63, 3.8) is 0 Å². The molecule has 0 aliphatic carbocycles. The Kier molecular flexibility index (Phi) is 10.6. The van der Waals surface area contributed by atoms with Crippen molar-refractivity contribution in [1.29, 1.82) is 0 Å². The molecule has 2 amide bonds. The highest BCUT2D eigenvalue weighted by molar-refractivity contribution is 7.89. The molecule has 1 heterocycles. The Hall–Kier alpha value is -0.900. The Morgan fingerprint density at radius 2 is 1.80 bits per heavy atom. The largest absolute Gasteiger partial charge is 0.346 e. The van der Waals surface area contributed by atoms with Gasteiger partial charge in [0.15, 0.2) is 0 Å². The van der Waals surface area contributed by atoms with Crippen LogP contribution in [0.25, 0.3) is 0 Å². The maximum Gasteiger partial charge on any atom is 0.241 e. The highest BCUT2D eigenvalue weighted by atomic mass is 35.5. The van der Waals surface area contributed by atoms with Gasteiger partial charge in [-0.05, 0) is 25.2 Å². The lowest BCUT2D eigenvalue weighted by Crippen LogP contribution is -2.51. The predicted molar refractivity (Wildman–Crippen MR) is 99.9 cm³/mol. The van der Waals surface area contributed by atoms with E-state index in [-0.39, 0.29) is 48.5 Å². The van der Waals surface area contributed by atoms with Crippen molar-refractivity contribution in [1.82, 2.24) is 14.9 Å². The summed E-state index contributed by atoms with van der Waals surface area (Å²) in [6.07, 6.45) is 1.73. The zero-order valence-corrected chi connectivity index (χ0v) is 16.8. The molecule has 1 fully saturated rings.